The molecule has 0 N–H and O–H groups in total. The third-order valence-electron chi connectivity index (χ3n) is 4.39. The minimum absolute atomic E-state index is 0.892. The molecule has 10 heteroatoms. The minimum Gasteiger partial charge on any atom is -0.418 e. The number of rotatable bonds is 14. The molecule has 0 aromatic carbocycles. The minimum atomic E-state index is -6.00. The van der Waals surface area contributed by atoms with E-state index in [9.17, 15) is 17.3 Å². The zero-order valence-corrected chi connectivity index (χ0v) is 19.4. The number of nitrogens with zero attached hydrogens (tertiary/aromatic N) is 4. The Labute approximate surface area is 170 Å². The fourth-order valence-electron chi connectivity index (χ4n) is 3.47. The molecule has 0 atom stereocenters. The van der Waals surface area contributed by atoms with Crippen LogP contribution in [0.2, 0.25) is 0 Å². The molecule has 0 aliphatic carbocycles. The molecule has 4 nitrogen and oxygen atoms in total. The van der Waals surface area contributed by atoms with Crippen LogP contribution < -0.4 is 0 Å². The highest BCUT2D eigenvalue weighted by Gasteiger charge is 2.58. The molecule has 168 valence electrons. The first kappa shape index (κ1) is 29.7. The summed E-state index contributed by atoms with van der Waals surface area (Å²) in [5, 5.41) is 0. The maximum atomic E-state index is 9.75. The molecule has 0 aliphatic rings. The third-order valence-corrected chi connectivity index (χ3v) is 9.45. The van der Waals surface area contributed by atoms with Gasteiger partial charge in [-0.3, -0.25) is 0 Å². The van der Waals surface area contributed by atoms with E-state index < -0.39 is 15.1 Å². The lowest BCUT2D eigenvalue weighted by molar-refractivity contribution is 0.270. The van der Waals surface area contributed by atoms with Crippen LogP contribution in [0.25, 0.3) is 0 Å². The predicted octanol–water partition coefficient (Wildman–Crippen LogP) is 5.66. The van der Waals surface area contributed by atoms with Crippen molar-refractivity contribution in [1.82, 2.24) is 18.7 Å². The SMILES string of the molecule is C=CCN(CC=C)[P+](N(CC)CC)(N(CC)CC)N(CC)CC.F[B-](F)(F)F. The number of hydrogen-bond donors (Lipinski definition) is 0. The van der Waals surface area contributed by atoms with E-state index in [2.05, 4.69) is 73.4 Å². The zero-order valence-electron chi connectivity index (χ0n) is 18.6. The number of hydrogen-bond acceptors (Lipinski definition) is 4. The largest absolute Gasteiger partial charge is 0.673 e. The van der Waals surface area contributed by atoms with Crippen molar-refractivity contribution in [1.29, 1.82) is 0 Å². The topological polar surface area (TPSA) is 13.0 Å². The van der Waals surface area contributed by atoms with Crippen LogP contribution in [0.15, 0.2) is 25.3 Å². The lowest BCUT2D eigenvalue weighted by Crippen LogP contribution is -2.53. The van der Waals surface area contributed by atoms with Gasteiger partial charge in [0.1, 0.15) is 0 Å². The summed E-state index contributed by atoms with van der Waals surface area (Å²) < 4.78 is 49.7. The van der Waals surface area contributed by atoms with Crippen LogP contribution in [-0.4, -0.2) is 78.3 Å². The fraction of sp³-hybridized carbons (Fsp3) is 0.778. The number of halogens is 4. The van der Waals surface area contributed by atoms with Crippen molar-refractivity contribution in [2.24, 2.45) is 0 Å². The first-order valence-electron chi connectivity index (χ1n) is 10.1. The Morgan fingerprint density at radius 2 is 0.821 bits per heavy atom. The van der Waals surface area contributed by atoms with Gasteiger partial charge in [0.15, 0.2) is 0 Å². The summed E-state index contributed by atoms with van der Waals surface area (Å²) in [7, 11) is -7.78. The van der Waals surface area contributed by atoms with Crippen LogP contribution in [0.5, 0.6) is 0 Å². The van der Waals surface area contributed by atoms with Gasteiger partial charge in [0, 0.05) is 39.3 Å². The van der Waals surface area contributed by atoms with E-state index in [0.717, 1.165) is 52.4 Å². The summed E-state index contributed by atoms with van der Waals surface area (Å²) >= 11 is 0. The molecule has 0 amide bonds. The maximum absolute atomic E-state index is 9.75. The Balaban J connectivity index is 0. The van der Waals surface area contributed by atoms with Crippen LogP contribution in [0, 0.1) is 0 Å². The van der Waals surface area contributed by atoms with Crippen LogP contribution in [0.4, 0.5) is 17.3 Å². The molecule has 0 aromatic heterocycles. The summed E-state index contributed by atoms with van der Waals surface area (Å²) in [5.74, 6) is 0. The Kier molecular flexibility index (Phi) is 16.3. The molecule has 28 heavy (non-hydrogen) atoms. The molecule has 0 unspecified atom stereocenters. The van der Waals surface area contributed by atoms with Crippen molar-refractivity contribution in [2.45, 2.75) is 41.5 Å². The van der Waals surface area contributed by atoms with Crippen LogP contribution in [-0.2, 0) is 0 Å². The summed E-state index contributed by atoms with van der Waals surface area (Å²) in [4.78, 5) is 0. The molecule has 0 saturated carbocycles. The lowest BCUT2D eigenvalue weighted by atomic mass is 10.3. The Hall–Kier alpha value is -0.465. The Morgan fingerprint density at radius 3 is 0.964 bits per heavy atom. The van der Waals surface area contributed by atoms with Gasteiger partial charge in [0.05, 0.1) is 13.1 Å². The van der Waals surface area contributed by atoms with Gasteiger partial charge in [-0.1, -0.05) is 12.2 Å². The molecular formula is C18H40BF4N4P. The Bertz CT molecular complexity index is 368. The summed E-state index contributed by atoms with van der Waals surface area (Å²) in [6, 6.07) is 0. The third kappa shape index (κ3) is 8.91. The van der Waals surface area contributed by atoms with Crippen LogP contribution in [0.3, 0.4) is 0 Å². The van der Waals surface area contributed by atoms with E-state index in [1.807, 2.05) is 12.2 Å². The van der Waals surface area contributed by atoms with Gasteiger partial charge >= 0.3 is 15.1 Å². The zero-order chi connectivity index (χ0) is 22.4. The van der Waals surface area contributed by atoms with Gasteiger partial charge in [0.25, 0.3) is 0 Å². The Morgan fingerprint density at radius 1 is 0.607 bits per heavy atom. The molecule has 0 radical (unpaired) electrons. The molecule has 0 heterocycles. The maximum Gasteiger partial charge on any atom is 0.673 e. The van der Waals surface area contributed by atoms with Gasteiger partial charge in [-0.2, -0.15) is 0 Å². The highest BCUT2D eigenvalue weighted by atomic mass is 31.2. The average molecular weight is 430 g/mol. The van der Waals surface area contributed by atoms with Crippen molar-refractivity contribution in [3.63, 3.8) is 0 Å². The van der Waals surface area contributed by atoms with E-state index >= 15 is 0 Å². The van der Waals surface area contributed by atoms with Gasteiger partial charge in [-0.05, 0) is 41.5 Å². The normalized spacial score (nSPS) is 12.5. The van der Waals surface area contributed by atoms with E-state index in [4.69, 9.17) is 0 Å². The second-order valence-electron chi connectivity index (χ2n) is 5.90. The standard InChI is InChI=1S/C18H40N4P.BF4/c1-9-17-22(18-10-2)23(19(11-3)12-4,20(13-5)14-6)21(15-7)16-8;2-1(3,4)5/h9-10H,1-2,11-18H2,3-8H3;/q+1;-1. The highest BCUT2D eigenvalue weighted by molar-refractivity contribution is 7.66. The molecular weight excluding hydrogens is 390 g/mol. The van der Waals surface area contributed by atoms with Crippen LogP contribution >= 0.6 is 7.87 Å². The molecule has 0 aromatic rings. The van der Waals surface area contributed by atoms with Gasteiger partial charge in [-0.15, -0.1) is 31.8 Å². The van der Waals surface area contributed by atoms with Gasteiger partial charge in [-0.25, -0.2) is 0 Å². The van der Waals surface area contributed by atoms with Gasteiger partial charge < -0.3 is 17.3 Å². The van der Waals surface area contributed by atoms with E-state index in [0.29, 0.717) is 0 Å². The summed E-state index contributed by atoms with van der Waals surface area (Å²) in [6.45, 7) is 29.9. The quantitative estimate of drug-likeness (QED) is 0.153. The first-order valence-corrected chi connectivity index (χ1v) is 11.7. The second-order valence-corrected chi connectivity index (χ2v) is 9.23. The predicted molar refractivity (Wildman–Crippen MR) is 118 cm³/mol. The average Bonchev–Trinajstić information content (AvgIpc) is 2.62. The van der Waals surface area contributed by atoms with Crippen molar-refractivity contribution in [2.75, 3.05) is 52.4 Å². The van der Waals surface area contributed by atoms with Crippen LogP contribution in [0.1, 0.15) is 41.5 Å². The second kappa shape index (κ2) is 15.4. The molecule has 0 fully saturated rings. The smallest absolute Gasteiger partial charge is 0.418 e. The molecule has 0 bridgehead atoms. The van der Waals surface area contributed by atoms with E-state index in [1.54, 1.807) is 0 Å². The van der Waals surface area contributed by atoms with E-state index in [1.165, 1.54) is 0 Å². The highest BCUT2D eigenvalue weighted by Crippen LogP contribution is 2.69. The molecule has 0 saturated heterocycles. The monoisotopic (exact) mass is 430 g/mol. The van der Waals surface area contributed by atoms with Crippen molar-refractivity contribution >= 4 is 15.1 Å². The van der Waals surface area contributed by atoms with Crippen molar-refractivity contribution in [3.05, 3.63) is 25.3 Å². The lowest BCUT2D eigenvalue weighted by Gasteiger charge is -2.50. The van der Waals surface area contributed by atoms with E-state index in [-0.39, 0.29) is 0 Å². The summed E-state index contributed by atoms with van der Waals surface area (Å²) in [6.07, 6.45) is 4.07. The van der Waals surface area contributed by atoms with Gasteiger partial charge in [0.2, 0.25) is 0 Å². The molecule has 0 spiro atoms. The first-order chi connectivity index (χ1) is 13.1. The fourth-order valence-corrected chi connectivity index (χ4v) is 8.57. The molecule has 0 aliphatic heterocycles. The van der Waals surface area contributed by atoms with Crippen molar-refractivity contribution < 1.29 is 17.3 Å². The van der Waals surface area contributed by atoms with Crippen molar-refractivity contribution in [3.8, 4) is 0 Å². The molecule has 0 rings (SSSR count). The summed E-state index contributed by atoms with van der Waals surface area (Å²) in [5.41, 5.74) is 0.